The van der Waals surface area contributed by atoms with E-state index in [4.69, 9.17) is 4.74 Å². The third-order valence-electron chi connectivity index (χ3n) is 3.62. The molecule has 0 radical (unpaired) electrons. The van der Waals surface area contributed by atoms with Crippen molar-refractivity contribution in [2.24, 2.45) is 0 Å². The van der Waals surface area contributed by atoms with E-state index in [-0.39, 0.29) is 23.3 Å². The number of hydrogen-bond acceptors (Lipinski definition) is 4. The molecule has 0 spiro atoms. The van der Waals surface area contributed by atoms with Crippen molar-refractivity contribution in [3.63, 3.8) is 0 Å². The average Bonchev–Trinajstić information content (AvgIpc) is 2.38. The molecular formula is C14H23ClN2O3S. The highest BCUT2D eigenvalue weighted by atomic mass is 35.5. The Bertz CT molecular complexity index is 604. The van der Waals surface area contributed by atoms with Crippen molar-refractivity contribution in [1.82, 2.24) is 9.62 Å². The van der Waals surface area contributed by atoms with Crippen LogP contribution < -0.4 is 10.1 Å². The van der Waals surface area contributed by atoms with Crippen LogP contribution in [0.1, 0.15) is 18.1 Å². The Morgan fingerprint density at radius 1 is 1.33 bits per heavy atom. The Balaban J connectivity index is 0.00000220. The van der Waals surface area contributed by atoms with Crippen molar-refractivity contribution in [2.45, 2.75) is 31.7 Å². The lowest BCUT2D eigenvalue weighted by atomic mass is 10.1. The lowest BCUT2D eigenvalue weighted by Gasteiger charge is -2.33. The molecule has 0 saturated carbocycles. The number of nitrogens with zero attached hydrogens (tertiary/aromatic N) is 1. The molecule has 1 saturated heterocycles. The standard InChI is InChI=1S/C14H22N2O3S.ClH/c1-10-7-11(2)14(19-4)13(8-10)20(17,18)16-6-5-15-9-12(16)3;/h7-8,12,15H,5-6,9H2,1-4H3;1H/t12-;/m0./s1. The highest BCUT2D eigenvalue weighted by molar-refractivity contribution is 7.89. The van der Waals surface area contributed by atoms with Crippen LogP contribution in [0.2, 0.25) is 0 Å². The second kappa shape index (κ2) is 6.96. The Morgan fingerprint density at radius 3 is 2.57 bits per heavy atom. The maximum Gasteiger partial charge on any atom is 0.247 e. The SMILES string of the molecule is COc1c(C)cc(C)cc1S(=O)(=O)N1CCNC[C@@H]1C.Cl. The largest absolute Gasteiger partial charge is 0.495 e. The van der Waals surface area contributed by atoms with Crippen LogP contribution in [0.5, 0.6) is 5.75 Å². The van der Waals surface area contributed by atoms with Gasteiger partial charge in [0.05, 0.1) is 7.11 Å². The van der Waals surface area contributed by atoms with E-state index >= 15 is 0 Å². The van der Waals surface area contributed by atoms with E-state index < -0.39 is 10.0 Å². The van der Waals surface area contributed by atoms with Gasteiger partial charge in [0.2, 0.25) is 10.0 Å². The molecule has 0 aliphatic carbocycles. The monoisotopic (exact) mass is 334 g/mol. The third kappa shape index (κ3) is 3.51. The number of hydrogen-bond donors (Lipinski definition) is 1. The van der Waals surface area contributed by atoms with Crippen LogP contribution >= 0.6 is 12.4 Å². The molecule has 1 aromatic rings. The maximum atomic E-state index is 12.9. The fourth-order valence-electron chi connectivity index (χ4n) is 2.67. The van der Waals surface area contributed by atoms with Gasteiger partial charge >= 0.3 is 0 Å². The molecule has 1 heterocycles. The molecule has 0 unspecified atom stereocenters. The van der Waals surface area contributed by atoms with Crippen molar-refractivity contribution in [3.05, 3.63) is 23.3 Å². The van der Waals surface area contributed by atoms with Crippen LogP contribution in [0.4, 0.5) is 0 Å². The minimum Gasteiger partial charge on any atom is -0.495 e. The van der Waals surface area contributed by atoms with E-state index in [9.17, 15) is 8.42 Å². The van der Waals surface area contributed by atoms with E-state index in [1.165, 1.54) is 7.11 Å². The fourth-order valence-corrected chi connectivity index (χ4v) is 4.62. The van der Waals surface area contributed by atoms with E-state index in [1.807, 2.05) is 26.8 Å². The van der Waals surface area contributed by atoms with Crippen LogP contribution in [0, 0.1) is 13.8 Å². The number of nitrogens with one attached hydrogen (secondary N) is 1. The fraction of sp³-hybridized carbons (Fsp3) is 0.571. The number of benzene rings is 1. The summed E-state index contributed by atoms with van der Waals surface area (Å²) in [6.07, 6.45) is 0. The molecule has 0 amide bonds. The Morgan fingerprint density at radius 2 is 2.00 bits per heavy atom. The summed E-state index contributed by atoms with van der Waals surface area (Å²) in [6, 6.07) is 3.56. The third-order valence-corrected chi connectivity index (χ3v) is 5.63. The number of methoxy groups -OCH3 is 1. The molecule has 1 aliphatic heterocycles. The number of ether oxygens (including phenoxy) is 1. The lowest BCUT2D eigenvalue weighted by molar-refractivity contribution is 0.282. The zero-order valence-corrected chi connectivity index (χ0v) is 14.5. The van der Waals surface area contributed by atoms with Crippen molar-refractivity contribution in [3.8, 4) is 5.75 Å². The number of piperazine rings is 1. The summed E-state index contributed by atoms with van der Waals surface area (Å²) in [7, 11) is -2.02. The molecule has 21 heavy (non-hydrogen) atoms. The van der Waals surface area contributed by atoms with Gasteiger partial charge in [-0.05, 0) is 38.0 Å². The molecule has 1 aromatic carbocycles. The first kappa shape index (κ1) is 18.2. The summed E-state index contributed by atoms with van der Waals surface area (Å²) in [5.74, 6) is 0.446. The van der Waals surface area contributed by atoms with Gasteiger partial charge in [0.1, 0.15) is 10.6 Å². The van der Waals surface area contributed by atoms with Crippen LogP contribution in [0.3, 0.4) is 0 Å². The summed E-state index contributed by atoms with van der Waals surface area (Å²) < 4.78 is 32.7. The van der Waals surface area contributed by atoms with Crippen LogP contribution in [0.25, 0.3) is 0 Å². The van der Waals surface area contributed by atoms with Crippen LogP contribution in [-0.2, 0) is 10.0 Å². The van der Waals surface area contributed by atoms with Gasteiger partial charge in [-0.25, -0.2) is 8.42 Å². The molecule has 1 fully saturated rings. The zero-order chi connectivity index (χ0) is 14.9. The van der Waals surface area contributed by atoms with Crippen molar-refractivity contribution >= 4 is 22.4 Å². The van der Waals surface area contributed by atoms with E-state index in [1.54, 1.807) is 10.4 Å². The molecule has 2 rings (SSSR count). The second-order valence-electron chi connectivity index (χ2n) is 5.28. The molecule has 5 nitrogen and oxygen atoms in total. The topological polar surface area (TPSA) is 58.6 Å². The number of halogens is 1. The summed E-state index contributed by atoms with van der Waals surface area (Å²) >= 11 is 0. The molecule has 1 N–H and O–H groups in total. The van der Waals surface area contributed by atoms with Gasteiger partial charge in [-0.3, -0.25) is 0 Å². The molecule has 0 bridgehead atoms. The Kier molecular flexibility index (Phi) is 6.04. The molecule has 120 valence electrons. The number of sulfonamides is 1. The van der Waals surface area contributed by atoms with E-state index in [0.717, 1.165) is 11.1 Å². The van der Waals surface area contributed by atoms with Gasteiger partial charge in [-0.1, -0.05) is 6.07 Å². The Hall–Kier alpha value is -0.820. The second-order valence-corrected chi connectivity index (χ2v) is 7.14. The van der Waals surface area contributed by atoms with Crippen molar-refractivity contribution in [1.29, 1.82) is 0 Å². The molecule has 0 aromatic heterocycles. The highest BCUT2D eigenvalue weighted by Crippen LogP contribution is 2.32. The van der Waals surface area contributed by atoms with Gasteiger partial charge in [0.25, 0.3) is 0 Å². The van der Waals surface area contributed by atoms with Crippen molar-refractivity contribution < 1.29 is 13.2 Å². The molecular weight excluding hydrogens is 312 g/mol. The first-order valence-corrected chi connectivity index (χ1v) is 8.19. The van der Waals surface area contributed by atoms with Gasteiger partial charge in [0, 0.05) is 25.7 Å². The number of rotatable bonds is 3. The average molecular weight is 335 g/mol. The predicted molar refractivity (Wildman–Crippen MR) is 85.9 cm³/mol. The molecule has 1 aliphatic rings. The number of aryl methyl sites for hydroxylation is 2. The maximum absolute atomic E-state index is 12.9. The smallest absolute Gasteiger partial charge is 0.247 e. The summed E-state index contributed by atoms with van der Waals surface area (Å²) in [5.41, 5.74) is 1.76. The molecule has 1 atom stereocenters. The summed E-state index contributed by atoms with van der Waals surface area (Å²) in [6.45, 7) is 7.51. The van der Waals surface area contributed by atoms with Gasteiger partial charge in [-0.15, -0.1) is 12.4 Å². The van der Waals surface area contributed by atoms with E-state index in [0.29, 0.717) is 25.4 Å². The molecule has 7 heteroatoms. The first-order chi connectivity index (χ1) is 9.37. The minimum atomic E-state index is -3.53. The Labute approximate surface area is 133 Å². The quantitative estimate of drug-likeness (QED) is 0.914. The first-order valence-electron chi connectivity index (χ1n) is 6.75. The lowest BCUT2D eigenvalue weighted by Crippen LogP contribution is -2.52. The van der Waals surface area contributed by atoms with Crippen LogP contribution in [0.15, 0.2) is 17.0 Å². The summed E-state index contributed by atoms with van der Waals surface area (Å²) in [4.78, 5) is 0.270. The van der Waals surface area contributed by atoms with Gasteiger partial charge in [0.15, 0.2) is 0 Å². The van der Waals surface area contributed by atoms with Crippen LogP contribution in [-0.4, -0.2) is 45.5 Å². The zero-order valence-electron chi connectivity index (χ0n) is 12.8. The van der Waals surface area contributed by atoms with Gasteiger partial charge < -0.3 is 10.1 Å². The minimum absolute atomic E-state index is 0. The van der Waals surface area contributed by atoms with E-state index in [2.05, 4.69) is 5.32 Å². The summed E-state index contributed by atoms with van der Waals surface area (Å²) in [5, 5.41) is 3.20. The normalized spacial score (nSPS) is 19.9. The predicted octanol–water partition coefficient (Wildman–Crippen LogP) is 1.72. The van der Waals surface area contributed by atoms with Crippen molar-refractivity contribution in [2.75, 3.05) is 26.7 Å². The highest BCUT2D eigenvalue weighted by Gasteiger charge is 2.33. The van der Waals surface area contributed by atoms with Gasteiger partial charge in [-0.2, -0.15) is 4.31 Å².